The smallest absolute Gasteiger partial charge is 0.227 e. The molecule has 6 heteroatoms. The molecule has 2 rings (SSSR count). The molecule has 100 valence electrons. The minimum atomic E-state index is -0.670. The van der Waals surface area contributed by atoms with Gasteiger partial charge in [-0.3, -0.25) is 0 Å². The monoisotopic (exact) mass is 251 g/mol. The summed E-state index contributed by atoms with van der Waals surface area (Å²) in [5, 5.41) is 13.5. The van der Waals surface area contributed by atoms with E-state index in [4.69, 9.17) is 5.73 Å². The average Bonchev–Trinajstić information content (AvgIpc) is 2.32. The summed E-state index contributed by atoms with van der Waals surface area (Å²) < 4.78 is 0. The molecule has 1 aromatic heterocycles. The third kappa shape index (κ3) is 3.29. The van der Waals surface area contributed by atoms with Gasteiger partial charge < -0.3 is 16.2 Å². The van der Waals surface area contributed by atoms with Crippen LogP contribution in [0, 0.1) is 5.41 Å². The fraction of sp³-hybridized carbons (Fsp3) is 0.750. The van der Waals surface area contributed by atoms with Crippen LogP contribution in [0.2, 0.25) is 0 Å². The fourth-order valence-electron chi connectivity index (χ4n) is 2.21. The second-order valence-electron chi connectivity index (χ2n) is 5.91. The second-order valence-corrected chi connectivity index (χ2v) is 5.91. The Balaban J connectivity index is 1.90. The summed E-state index contributed by atoms with van der Waals surface area (Å²) in [7, 11) is 0. The van der Waals surface area contributed by atoms with Crippen LogP contribution in [0.1, 0.15) is 39.5 Å². The first kappa shape index (κ1) is 13.0. The van der Waals surface area contributed by atoms with Crippen LogP contribution in [0.15, 0.2) is 6.33 Å². The van der Waals surface area contributed by atoms with Crippen LogP contribution >= 0.6 is 0 Å². The van der Waals surface area contributed by atoms with Gasteiger partial charge in [0.2, 0.25) is 11.9 Å². The van der Waals surface area contributed by atoms with Crippen molar-refractivity contribution < 1.29 is 5.11 Å². The van der Waals surface area contributed by atoms with E-state index in [0.717, 1.165) is 25.7 Å². The molecule has 0 spiro atoms. The summed E-state index contributed by atoms with van der Waals surface area (Å²) in [4.78, 5) is 11.6. The SMILES string of the molecule is CC1(C)CCC(O)(CNc2ncnc(N)n2)CC1. The van der Waals surface area contributed by atoms with Crippen molar-refractivity contribution in [1.29, 1.82) is 0 Å². The van der Waals surface area contributed by atoms with Crippen molar-refractivity contribution in [2.24, 2.45) is 5.41 Å². The average molecular weight is 251 g/mol. The Hall–Kier alpha value is -1.43. The largest absolute Gasteiger partial charge is 0.388 e. The van der Waals surface area contributed by atoms with E-state index < -0.39 is 5.60 Å². The van der Waals surface area contributed by atoms with Crippen molar-refractivity contribution in [3.05, 3.63) is 6.33 Å². The number of rotatable bonds is 3. The van der Waals surface area contributed by atoms with Crippen molar-refractivity contribution in [3.63, 3.8) is 0 Å². The third-order valence-electron chi connectivity index (χ3n) is 3.70. The van der Waals surface area contributed by atoms with Gasteiger partial charge in [-0.25, -0.2) is 9.97 Å². The molecule has 1 aromatic rings. The van der Waals surface area contributed by atoms with E-state index in [1.807, 2.05) is 0 Å². The lowest BCUT2D eigenvalue weighted by atomic mass is 9.71. The summed E-state index contributed by atoms with van der Waals surface area (Å²) in [5.41, 5.74) is 5.14. The molecule has 1 aliphatic carbocycles. The summed E-state index contributed by atoms with van der Waals surface area (Å²) in [6.45, 7) is 4.94. The number of anilines is 2. The van der Waals surface area contributed by atoms with E-state index in [9.17, 15) is 5.11 Å². The molecule has 6 nitrogen and oxygen atoms in total. The molecule has 0 aliphatic heterocycles. The normalized spacial score (nSPS) is 21.5. The van der Waals surface area contributed by atoms with Crippen molar-refractivity contribution in [2.75, 3.05) is 17.6 Å². The van der Waals surface area contributed by atoms with Gasteiger partial charge in [-0.15, -0.1) is 0 Å². The zero-order valence-electron chi connectivity index (χ0n) is 11.0. The zero-order valence-corrected chi connectivity index (χ0v) is 11.0. The lowest BCUT2D eigenvalue weighted by Gasteiger charge is -2.40. The number of nitrogen functional groups attached to an aromatic ring is 1. The Morgan fingerprint density at radius 2 is 1.94 bits per heavy atom. The van der Waals surface area contributed by atoms with E-state index in [1.165, 1.54) is 6.33 Å². The van der Waals surface area contributed by atoms with E-state index in [1.54, 1.807) is 0 Å². The van der Waals surface area contributed by atoms with Gasteiger partial charge in [0.25, 0.3) is 0 Å². The summed E-state index contributed by atoms with van der Waals surface area (Å²) >= 11 is 0. The van der Waals surface area contributed by atoms with Crippen LogP contribution < -0.4 is 11.1 Å². The molecule has 1 aliphatic rings. The maximum Gasteiger partial charge on any atom is 0.227 e. The van der Waals surface area contributed by atoms with Crippen LogP contribution in [0.4, 0.5) is 11.9 Å². The maximum absolute atomic E-state index is 10.5. The van der Waals surface area contributed by atoms with Crippen LogP contribution in [-0.4, -0.2) is 32.2 Å². The number of hydrogen-bond donors (Lipinski definition) is 3. The number of aliphatic hydroxyl groups is 1. The third-order valence-corrected chi connectivity index (χ3v) is 3.70. The van der Waals surface area contributed by atoms with E-state index >= 15 is 0 Å². The van der Waals surface area contributed by atoms with Crippen molar-refractivity contribution >= 4 is 11.9 Å². The highest BCUT2D eigenvalue weighted by atomic mass is 16.3. The number of nitrogens with one attached hydrogen (secondary N) is 1. The number of nitrogens with zero attached hydrogens (tertiary/aromatic N) is 3. The quantitative estimate of drug-likeness (QED) is 0.746. The van der Waals surface area contributed by atoms with Crippen LogP contribution in [0.5, 0.6) is 0 Å². The van der Waals surface area contributed by atoms with E-state index in [2.05, 4.69) is 34.1 Å². The van der Waals surface area contributed by atoms with Gasteiger partial charge in [0.1, 0.15) is 6.33 Å². The zero-order chi connectivity index (χ0) is 13.2. The van der Waals surface area contributed by atoms with Gasteiger partial charge in [0.15, 0.2) is 0 Å². The van der Waals surface area contributed by atoms with Gasteiger partial charge in [0.05, 0.1) is 5.60 Å². The molecule has 18 heavy (non-hydrogen) atoms. The maximum atomic E-state index is 10.5. The number of hydrogen-bond acceptors (Lipinski definition) is 6. The topological polar surface area (TPSA) is 97.0 Å². The Morgan fingerprint density at radius 3 is 2.56 bits per heavy atom. The first-order valence-electron chi connectivity index (χ1n) is 6.29. The molecule has 0 unspecified atom stereocenters. The van der Waals surface area contributed by atoms with Crippen LogP contribution in [0.3, 0.4) is 0 Å². The Kier molecular flexibility index (Phi) is 3.38. The first-order valence-corrected chi connectivity index (χ1v) is 6.29. The fourth-order valence-corrected chi connectivity index (χ4v) is 2.21. The highest BCUT2D eigenvalue weighted by Crippen LogP contribution is 2.40. The van der Waals surface area contributed by atoms with Crippen molar-refractivity contribution in [2.45, 2.75) is 45.1 Å². The molecular weight excluding hydrogens is 230 g/mol. The standard InChI is InChI=1S/C12H21N5O/c1-11(2)3-5-12(18,6-4-11)7-14-10-16-8-15-9(13)17-10/h8,18H,3-7H2,1-2H3,(H3,13,14,15,16,17). The molecule has 1 fully saturated rings. The van der Waals surface area contributed by atoms with Gasteiger partial charge in [0, 0.05) is 6.54 Å². The highest BCUT2D eigenvalue weighted by Gasteiger charge is 2.36. The second kappa shape index (κ2) is 4.68. The minimum absolute atomic E-state index is 0.185. The molecule has 0 amide bonds. The van der Waals surface area contributed by atoms with Gasteiger partial charge in [-0.05, 0) is 31.1 Å². The molecule has 1 saturated carbocycles. The molecule has 0 radical (unpaired) electrons. The minimum Gasteiger partial charge on any atom is -0.388 e. The molecule has 0 bridgehead atoms. The summed E-state index contributed by atoms with van der Waals surface area (Å²) in [6, 6.07) is 0. The Morgan fingerprint density at radius 1 is 1.28 bits per heavy atom. The summed E-state index contributed by atoms with van der Waals surface area (Å²) in [5.74, 6) is 0.602. The lowest BCUT2D eigenvalue weighted by Crippen LogP contribution is -2.42. The van der Waals surface area contributed by atoms with E-state index in [-0.39, 0.29) is 5.95 Å². The predicted octanol–water partition coefficient (Wildman–Crippen LogP) is 1.20. The van der Waals surface area contributed by atoms with Crippen LogP contribution in [-0.2, 0) is 0 Å². The molecule has 0 aromatic carbocycles. The van der Waals surface area contributed by atoms with Crippen LogP contribution in [0.25, 0.3) is 0 Å². The lowest BCUT2D eigenvalue weighted by molar-refractivity contribution is -0.0146. The molecule has 0 saturated heterocycles. The van der Waals surface area contributed by atoms with Gasteiger partial charge >= 0.3 is 0 Å². The summed E-state index contributed by atoms with van der Waals surface area (Å²) in [6.07, 6.45) is 5.02. The highest BCUT2D eigenvalue weighted by molar-refractivity contribution is 5.29. The number of aromatic nitrogens is 3. The van der Waals surface area contributed by atoms with Crippen molar-refractivity contribution in [3.8, 4) is 0 Å². The van der Waals surface area contributed by atoms with E-state index in [0.29, 0.717) is 17.9 Å². The van der Waals surface area contributed by atoms with Gasteiger partial charge in [-0.1, -0.05) is 13.8 Å². The molecule has 4 N–H and O–H groups in total. The Bertz CT molecular complexity index is 411. The van der Waals surface area contributed by atoms with Crippen molar-refractivity contribution in [1.82, 2.24) is 15.0 Å². The Labute approximate surface area is 107 Å². The predicted molar refractivity (Wildman–Crippen MR) is 69.9 cm³/mol. The molecular formula is C12H21N5O. The molecule has 0 atom stereocenters. The first-order chi connectivity index (χ1) is 8.39. The number of nitrogens with two attached hydrogens (primary N) is 1. The molecule has 1 heterocycles. The van der Waals surface area contributed by atoms with Gasteiger partial charge in [-0.2, -0.15) is 4.98 Å².